The summed E-state index contributed by atoms with van der Waals surface area (Å²) < 4.78 is 0. The molecule has 0 saturated carbocycles. The Bertz CT molecular complexity index is 122. The monoisotopic (exact) mass is 157 g/mol. The van der Waals surface area contributed by atoms with Crippen molar-refractivity contribution >= 4 is 8.24 Å². The molecule has 0 aromatic rings. The van der Waals surface area contributed by atoms with Crippen LogP contribution in [0.3, 0.4) is 0 Å². The molecule has 0 atom stereocenters. The molecule has 0 spiro atoms. The molecule has 0 rings (SSSR count). The average Bonchev–Trinajstić information content (AvgIpc) is 1.81. The fraction of sp³-hybridized carbons (Fsp3) is 0.750. The molecule has 0 aromatic heterocycles. The van der Waals surface area contributed by atoms with Crippen LogP contribution in [0.1, 0.15) is 20.3 Å². The number of hydrogen-bond acceptors (Lipinski definition) is 1. The SMILES string of the molecule is C/C=C(/CC)N[Si](C)(C)C. The van der Waals surface area contributed by atoms with Crippen molar-refractivity contribution in [2.24, 2.45) is 0 Å². The minimum Gasteiger partial charge on any atom is -0.414 e. The molecule has 0 aromatic carbocycles. The molecule has 0 aliphatic carbocycles. The van der Waals surface area contributed by atoms with Crippen molar-refractivity contribution in [3.63, 3.8) is 0 Å². The summed E-state index contributed by atoms with van der Waals surface area (Å²) in [4.78, 5) is 3.56. The molecule has 0 heterocycles. The van der Waals surface area contributed by atoms with Crippen LogP contribution in [-0.2, 0) is 0 Å². The summed E-state index contributed by atoms with van der Waals surface area (Å²) in [6, 6.07) is 0. The zero-order valence-electron chi connectivity index (χ0n) is 7.78. The van der Waals surface area contributed by atoms with Crippen LogP contribution in [0.25, 0.3) is 0 Å². The highest BCUT2D eigenvalue weighted by Gasteiger charge is 2.12. The van der Waals surface area contributed by atoms with E-state index in [9.17, 15) is 0 Å². The molecule has 1 N–H and O–H groups in total. The van der Waals surface area contributed by atoms with Gasteiger partial charge in [-0.05, 0) is 19.0 Å². The van der Waals surface area contributed by atoms with Crippen molar-refractivity contribution < 1.29 is 0 Å². The molecule has 0 fully saturated rings. The van der Waals surface area contributed by atoms with Crippen LogP contribution in [0.5, 0.6) is 0 Å². The summed E-state index contributed by atoms with van der Waals surface area (Å²) in [6.45, 7) is 11.2. The lowest BCUT2D eigenvalue weighted by atomic mass is 10.3. The maximum Gasteiger partial charge on any atom is 0.143 e. The average molecular weight is 157 g/mol. The zero-order valence-corrected chi connectivity index (χ0v) is 8.78. The third kappa shape index (κ3) is 4.62. The molecular weight excluding hydrogens is 138 g/mol. The van der Waals surface area contributed by atoms with E-state index in [1.54, 1.807) is 0 Å². The second kappa shape index (κ2) is 3.81. The Kier molecular flexibility index (Phi) is 3.72. The van der Waals surface area contributed by atoms with Crippen LogP contribution in [0.15, 0.2) is 11.8 Å². The number of rotatable bonds is 3. The first kappa shape index (κ1) is 9.76. The van der Waals surface area contributed by atoms with Crippen molar-refractivity contribution in [1.82, 2.24) is 4.98 Å². The second-order valence-corrected chi connectivity index (χ2v) is 8.29. The van der Waals surface area contributed by atoms with Gasteiger partial charge in [0.15, 0.2) is 0 Å². The Balaban J connectivity index is 3.88. The second-order valence-electron chi connectivity index (χ2n) is 3.54. The van der Waals surface area contributed by atoms with Gasteiger partial charge in [-0.25, -0.2) is 0 Å². The lowest BCUT2D eigenvalue weighted by Gasteiger charge is -2.21. The first-order chi connectivity index (χ1) is 4.49. The molecule has 0 aliphatic rings. The van der Waals surface area contributed by atoms with Gasteiger partial charge in [-0.15, -0.1) is 0 Å². The minimum absolute atomic E-state index is 1.08. The van der Waals surface area contributed by atoms with Crippen molar-refractivity contribution in [3.05, 3.63) is 11.8 Å². The highest BCUT2D eigenvalue weighted by molar-refractivity contribution is 6.74. The molecule has 0 aliphatic heterocycles. The predicted molar refractivity (Wildman–Crippen MR) is 50.5 cm³/mol. The molecule has 0 amide bonds. The van der Waals surface area contributed by atoms with Crippen molar-refractivity contribution in [1.29, 1.82) is 0 Å². The summed E-state index contributed by atoms with van der Waals surface area (Å²) in [5, 5.41) is 0. The minimum atomic E-state index is -1.08. The summed E-state index contributed by atoms with van der Waals surface area (Å²) in [6.07, 6.45) is 3.29. The lowest BCUT2D eigenvalue weighted by molar-refractivity contribution is 0.971. The molecule has 2 heteroatoms. The van der Waals surface area contributed by atoms with Crippen molar-refractivity contribution in [3.8, 4) is 0 Å². The highest BCUT2D eigenvalue weighted by Crippen LogP contribution is 2.02. The number of nitrogens with one attached hydrogen (secondary N) is 1. The Labute approximate surface area is 65.6 Å². The summed E-state index contributed by atoms with van der Waals surface area (Å²) >= 11 is 0. The quantitative estimate of drug-likeness (QED) is 0.621. The van der Waals surface area contributed by atoms with Gasteiger partial charge in [-0.1, -0.05) is 32.6 Å². The molecule has 1 nitrogen and oxygen atoms in total. The molecule has 0 unspecified atom stereocenters. The summed E-state index contributed by atoms with van der Waals surface area (Å²) in [5.74, 6) is 0. The Hall–Kier alpha value is -0.243. The Morgan fingerprint density at radius 3 is 2.00 bits per heavy atom. The van der Waals surface area contributed by atoms with E-state index >= 15 is 0 Å². The van der Waals surface area contributed by atoms with Crippen LogP contribution in [0, 0.1) is 0 Å². The van der Waals surface area contributed by atoms with E-state index in [1.807, 2.05) is 0 Å². The van der Waals surface area contributed by atoms with E-state index < -0.39 is 8.24 Å². The van der Waals surface area contributed by atoms with E-state index in [2.05, 4.69) is 44.5 Å². The van der Waals surface area contributed by atoms with Gasteiger partial charge in [0.25, 0.3) is 0 Å². The third-order valence-corrected chi connectivity index (χ3v) is 2.34. The van der Waals surface area contributed by atoms with Gasteiger partial charge in [-0.2, -0.15) is 0 Å². The maximum absolute atomic E-state index is 3.56. The molecule has 0 saturated heterocycles. The topological polar surface area (TPSA) is 12.0 Å². The van der Waals surface area contributed by atoms with Gasteiger partial charge < -0.3 is 4.98 Å². The first-order valence-electron chi connectivity index (χ1n) is 3.93. The van der Waals surface area contributed by atoms with Gasteiger partial charge in [0.05, 0.1) is 0 Å². The molecule has 0 bridgehead atoms. The van der Waals surface area contributed by atoms with E-state index in [0.29, 0.717) is 0 Å². The Morgan fingerprint density at radius 1 is 1.40 bits per heavy atom. The van der Waals surface area contributed by atoms with Gasteiger partial charge in [0.1, 0.15) is 8.24 Å². The fourth-order valence-electron chi connectivity index (χ4n) is 0.846. The van der Waals surface area contributed by atoms with Crippen molar-refractivity contribution in [2.75, 3.05) is 0 Å². The van der Waals surface area contributed by atoms with Crippen LogP contribution < -0.4 is 4.98 Å². The molecular formula is C8H19NSi. The number of allylic oxidation sites excluding steroid dienone is 2. The van der Waals surface area contributed by atoms with Crippen LogP contribution in [0.4, 0.5) is 0 Å². The van der Waals surface area contributed by atoms with Crippen LogP contribution >= 0.6 is 0 Å². The fourth-order valence-corrected chi connectivity index (χ4v) is 2.13. The maximum atomic E-state index is 3.56. The summed E-state index contributed by atoms with van der Waals surface area (Å²) in [5.41, 5.74) is 1.39. The van der Waals surface area contributed by atoms with E-state index in [4.69, 9.17) is 0 Å². The smallest absolute Gasteiger partial charge is 0.143 e. The molecule has 60 valence electrons. The van der Waals surface area contributed by atoms with Gasteiger partial charge >= 0.3 is 0 Å². The normalized spacial score (nSPS) is 13.5. The standard InChI is InChI=1S/C8H19NSi/c1-6-8(7-2)9-10(3,4)5/h6,9H,7H2,1-5H3/b8-6-. The van der Waals surface area contributed by atoms with E-state index in [1.165, 1.54) is 5.70 Å². The highest BCUT2D eigenvalue weighted by atomic mass is 28.3. The van der Waals surface area contributed by atoms with E-state index in [-0.39, 0.29) is 0 Å². The van der Waals surface area contributed by atoms with Crippen LogP contribution in [0.2, 0.25) is 19.6 Å². The number of hydrogen-bond donors (Lipinski definition) is 1. The molecule has 10 heavy (non-hydrogen) atoms. The third-order valence-electron chi connectivity index (χ3n) is 1.26. The summed E-state index contributed by atoms with van der Waals surface area (Å²) in [7, 11) is -1.08. The molecule has 0 radical (unpaired) electrons. The van der Waals surface area contributed by atoms with Gasteiger partial charge in [0, 0.05) is 0 Å². The Morgan fingerprint density at radius 2 is 1.90 bits per heavy atom. The largest absolute Gasteiger partial charge is 0.414 e. The van der Waals surface area contributed by atoms with Gasteiger partial charge in [0.2, 0.25) is 0 Å². The van der Waals surface area contributed by atoms with Crippen molar-refractivity contribution in [2.45, 2.75) is 39.9 Å². The van der Waals surface area contributed by atoms with Gasteiger partial charge in [-0.3, -0.25) is 0 Å². The van der Waals surface area contributed by atoms with Crippen LogP contribution in [-0.4, -0.2) is 8.24 Å². The lowest BCUT2D eigenvalue weighted by Crippen LogP contribution is -2.40. The predicted octanol–water partition coefficient (Wildman–Crippen LogP) is 2.72. The first-order valence-corrected chi connectivity index (χ1v) is 7.43. The zero-order chi connectivity index (χ0) is 8.20. The van der Waals surface area contributed by atoms with E-state index in [0.717, 1.165) is 6.42 Å².